The molecule has 1 unspecified atom stereocenters. The molecule has 0 saturated heterocycles. The van der Waals surface area contributed by atoms with E-state index < -0.39 is 24.4 Å². The topological polar surface area (TPSA) is 71.2 Å². The quantitative estimate of drug-likeness (QED) is 0.857. The molecule has 1 aliphatic rings. The summed E-state index contributed by atoms with van der Waals surface area (Å²) >= 11 is 0. The van der Waals surface area contributed by atoms with Crippen LogP contribution in [0.3, 0.4) is 0 Å². The van der Waals surface area contributed by atoms with E-state index in [1.807, 2.05) is 0 Å². The highest BCUT2D eigenvalue weighted by molar-refractivity contribution is 5.10. The van der Waals surface area contributed by atoms with E-state index in [2.05, 4.69) is 15.5 Å². The lowest BCUT2D eigenvalue weighted by Crippen LogP contribution is -2.53. The lowest BCUT2D eigenvalue weighted by molar-refractivity contribution is -0.203. The first-order valence-electron chi connectivity index (χ1n) is 5.64. The van der Waals surface area contributed by atoms with E-state index in [-0.39, 0.29) is 0 Å². The molecule has 1 aromatic rings. The average molecular weight is 265 g/mol. The van der Waals surface area contributed by atoms with E-state index in [0.717, 1.165) is 6.42 Å². The number of alkyl halides is 3. The summed E-state index contributed by atoms with van der Waals surface area (Å²) in [5.41, 5.74) is -0.690. The first-order valence-corrected chi connectivity index (χ1v) is 5.64. The third-order valence-corrected chi connectivity index (χ3v) is 3.17. The Kier molecular flexibility index (Phi) is 3.33. The number of hydrogen-bond donors (Lipinski definition) is 2. The largest absolute Gasteiger partial charge is 0.415 e. The normalized spacial score (nSPS) is 20.5. The molecule has 18 heavy (non-hydrogen) atoms. The Bertz CT molecular complexity index is 415. The lowest BCUT2D eigenvalue weighted by atomic mass is 9.76. The first kappa shape index (κ1) is 13.3. The number of nitrogens with one attached hydrogen (secondary N) is 1. The number of aliphatic hydroxyl groups excluding tert-OH is 1. The number of rotatable bonds is 4. The summed E-state index contributed by atoms with van der Waals surface area (Å²) in [4.78, 5) is 4.04. The Labute approximate surface area is 101 Å². The van der Waals surface area contributed by atoms with Crippen molar-refractivity contribution in [1.29, 1.82) is 0 Å². The molecule has 1 aliphatic carbocycles. The van der Waals surface area contributed by atoms with Gasteiger partial charge in [-0.3, -0.25) is 0 Å². The summed E-state index contributed by atoms with van der Waals surface area (Å²) in [7, 11) is 0. The van der Waals surface area contributed by atoms with Crippen LogP contribution in [-0.4, -0.2) is 34.1 Å². The van der Waals surface area contributed by atoms with E-state index in [1.54, 1.807) is 6.92 Å². The minimum Gasteiger partial charge on any atom is -0.382 e. The number of hydrogen-bond acceptors (Lipinski definition) is 5. The van der Waals surface area contributed by atoms with E-state index >= 15 is 0 Å². The first-order chi connectivity index (χ1) is 8.33. The maximum absolute atomic E-state index is 12.2. The molecule has 0 aromatic carbocycles. The van der Waals surface area contributed by atoms with Gasteiger partial charge in [-0.15, -0.1) is 0 Å². The fourth-order valence-electron chi connectivity index (χ4n) is 1.91. The molecule has 0 radical (unpaired) electrons. The molecule has 5 nitrogen and oxygen atoms in total. The average Bonchev–Trinajstić information content (AvgIpc) is 2.62. The van der Waals surface area contributed by atoms with Crippen LogP contribution in [-0.2, 0) is 5.54 Å². The molecule has 102 valence electrons. The van der Waals surface area contributed by atoms with Gasteiger partial charge in [-0.25, -0.2) is 0 Å². The van der Waals surface area contributed by atoms with E-state index in [1.165, 1.54) is 0 Å². The third-order valence-electron chi connectivity index (χ3n) is 3.17. The summed E-state index contributed by atoms with van der Waals surface area (Å²) in [5, 5.41) is 15.4. The smallest absolute Gasteiger partial charge is 0.382 e. The molecule has 0 amide bonds. The van der Waals surface area contributed by atoms with Gasteiger partial charge in [0, 0.05) is 13.5 Å². The van der Waals surface area contributed by atoms with E-state index in [4.69, 9.17) is 9.63 Å². The molecule has 1 heterocycles. The molecule has 0 aliphatic heterocycles. The molecule has 1 aromatic heterocycles. The Balaban J connectivity index is 2.02. The second-order valence-electron chi connectivity index (χ2n) is 4.51. The fourth-order valence-corrected chi connectivity index (χ4v) is 1.91. The molecule has 0 bridgehead atoms. The van der Waals surface area contributed by atoms with Crippen LogP contribution in [0.4, 0.5) is 13.2 Å². The van der Waals surface area contributed by atoms with Crippen LogP contribution in [0.25, 0.3) is 0 Å². The van der Waals surface area contributed by atoms with Crippen LogP contribution in [0, 0.1) is 6.92 Å². The number of aromatic nitrogens is 2. The Morgan fingerprint density at radius 1 is 1.50 bits per heavy atom. The Hall–Kier alpha value is -1.15. The zero-order chi connectivity index (χ0) is 13.4. The van der Waals surface area contributed by atoms with Crippen LogP contribution in [0.2, 0.25) is 0 Å². The Morgan fingerprint density at radius 3 is 2.56 bits per heavy atom. The standard InChI is InChI=1S/C10H14F3N3O2/c1-6-15-8(16-18-6)9(3-2-4-9)14-5-7(17)10(11,12)13/h7,14,17H,2-5H2,1H3. The van der Waals surface area contributed by atoms with Gasteiger partial charge in [0.2, 0.25) is 5.89 Å². The minimum absolute atomic E-state index is 0.362. The van der Waals surface area contributed by atoms with Crippen molar-refractivity contribution in [2.24, 2.45) is 0 Å². The third kappa shape index (κ3) is 2.49. The SMILES string of the molecule is Cc1nc(C2(NCC(O)C(F)(F)F)CCC2)no1. The van der Waals surface area contributed by atoms with Crippen molar-refractivity contribution >= 4 is 0 Å². The van der Waals surface area contributed by atoms with Gasteiger partial charge in [0.1, 0.15) is 0 Å². The molecule has 2 rings (SSSR count). The maximum Gasteiger partial charge on any atom is 0.415 e. The van der Waals surface area contributed by atoms with Gasteiger partial charge in [-0.2, -0.15) is 18.2 Å². The minimum atomic E-state index is -4.62. The molecule has 1 saturated carbocycles. The van der Waals surface area contributed by atoms with Crippen molar-refractivity contribution in [2.45, 2.75) is 44.0 Å². The van der Waals surface area contributed by atoms with Crippen LogP contribution in [0.15, 0.2) is 4.52 Å². The summed E-state index contributed by atoms with van der Waals surface area (Å²) in [6, 6.07) is 0. The van der Waals surface area contributed by atoms with Crippen molar-refractivity contribution < 1.29 is 22.8 Å². The summed E-state index contributed by atoms with van der Waals surface area (Å²) in [6.45, 7) is 1.05. The predicted molar refractivity (Wildman–Crippen MR) is 54.6 cm³/mol. The van der Waals surface area contributed by atoms with Crippen molar-refractivity contribution in [2.75, 3.05) is 6.54 Å². The molecule has 0 spiro atoms. The van der Waals surface area contributed by atoms with Crippen molar-refractivity contribution in [3.05, 3.63) is 11.7 Å². The van der Waals surface area contributed by atoms with Gasteiger partial charge in [-0.1, -0.05) is 5.16 Å². The monoisotopic (exact) mass is 265 g/mol. The van der Waals surface area contributed by atoms with Gasteiger partial charge in [0.15, 0.2) is 11.9 Å². The highest BCUT2D eigenvalue weighted by Crippen LogP contribution is 2.39. The lowest BCUT2D eigenvalue weighted by Gasteiger charge is -2.40. The van der Waals surface area contributed by atoms with Crippen molar-refractivity contribution in [1.82, 2.24) is 15.5 Å². The van der Waals surface area contributed by atoms with Gasteiger partial charge in [0.25, 0.3) is 0 Å². The van der Waals surface area contributed by atoms with E-state index in [9.17, 15) is 13.2 Å². The van der Waals surface area contributed by atoms with Crippen molar-refractivity contribution in [3.63, 3.8) is 0 Å². The molecule has 1 fully saturated rings. The van der Waals surface area contributed by atoms with Gasteiger partial charge in [0.05, 0.1) is 5.54 Å². The second kappa shape index (κ2) is 4.51. The molecular formula is C10H14F3N3O2. The summed E-state index contributed by atoms with van der Waals surface area (Å²) < 4.78 is 41.5. The van der Waals surface area contributed by atoms with Crippen LogP contribution < -0.4 is 5.32 Å². The van der Waals surface area contributed by atoms with E-state index in [0.29, 0.717) is 24.6 Å². The molecular weight excluding hydrogens is 251 g/mol. The van der Waals surface area contributed by atoms with Gasteiger partial charge in [-0.05, 0) is 19.3 Å². The molecule has 8 heteroatoms. The number of aliphatic hydroxyl groups is 1. The van der Waals surface area contributed by atoms with Crippen LogP contribution in [0.5, 0.6) is 0 Å². The van der Waals surface area contributed by atoms with Crippen LogP contribution >= 0.6 is 0 Å². The predicted octanol–water partition coefficient (Wildman–Crippen LogP) is 1.27. The van der Waals surface area contributed by atoms with Crippen molar-refractivity contribution in [3.8, 4) is 0 Å². The summed E-state index contributed by atoms with van der Waals surface area (Å²) in [5.74, 6) is 0.732. The fraction of sp³-hybridized carbons (Fsp3) is 0.800. The Morgan fingerprint density at radius 2 is 2.17 bits per heavy atom. The summed E-state index contributed by atoms with van der Waals surface area (Å²) in [6.07, 6.45) is -4.86. The zero-order valence-electron chi connectivity index (χ0n) is 9.79. The second-order valence-corrected chi connectivity index (χ2v) is 4.51. The zero-order valence-corrected chi connectivity index (χ0v) is 9.79. The number of halogens is 3. The molecule has 1 atom stereocenters. The van der Waals surface area contributed by atoms with Gasteiger partial charge < -0.3 is 14.9 Å². The van der Waals surface area contributed by atoms with Crippen LogP contribution in [0.1, 0.15) is 31.0 Å². The maximum atomic E-state index is 12.2. The number of nitrogens with zero attached hydrogens (tertiary/aromatic N) is 2. The molecule has 2 N–H and O–H groups in total. The highest BCUT2D eigenvalue weighted by Gasteiger charge is 2.45. The number of aryl methyl sites for hydroxylation is 1. The van der Waals surface area contributed by atoms with Gasteiger partial charge >= 0.3 is 6.18 Å². The highest BCUT2D eigenvalue weighted by atomic mass is 19.4.